The fourth-order valence-electron chi connectivity index (χ4n) is 2.91. The van der Waals surface area contributed by atoms with Crippen LogP contribution in [0.3, 0.4) is 0 Å². The molecule has 1 aromatic rings. The number of allylic oxidation sites excluding steroid dienone is 3. The van der Waals surface area contributed by atoms with Gasteiger partial charge in [0.15, 0.2) is 11.4 Å². The molecular formula is C19H21F4N3O. The highest BCUT2D eigenvalue weighted by molar-refractivity contribution is 5.77. The van der Waals surface area contributed by atoms with Gasteiger partial charge in [-0.3, -0.25) is 5.01 Å². The molecule has 0 saturated carbocycles. The van der Waals surface area contributed by atoms with Gasteiger partial charge in [0.2, 0.25) is 0 Å². The van der Waals surface area contributed by atoms with Gasteiger partial charge in [-0.05, 0) is 50.1 Å². The van der Waals surface area contributed by atoms with E-state index in [4.69, 9.17) is 4.74 Å². The summed E-state index contributed by atoms with van der Waals surface area (Å²) in [6.07, 6.45) is 5.29. The van der Waals surface area contributed by atoms with E-state index in [0.717, 1.165) is 37.6 Å². The zero-order chi connectivity index (χ0) is 20.0. The number of hydrogen-bond donors (Lipinski definition) is 0. The lowest BCUT2D eigenvalue weighted by molar-refractivity contribution is -0.235. The van der Waals surface area contributed by atoms with Crippen molar-refractivity contribution in [1.29, 1.82) is 0 Å². The van der Waals surface area contributed by atoms with E-state index in [1.165, 1.54) is 6.20 Å². The van der Waals surface area contributed by atoms with E-state index >= 15 is 0 Å². The van der Waals surface area contributed by atoms with Gasteiger partial charge in [-0.1, -0.05) is 6.92 Å². The molecule has 3 rings (SSSR count). The maximum absolute atomic E-state index is 14.3. The average Bonchev–Trinajstić information content (AvgIpc) is 2.91. The zero-order valence-electron chi connectivity index (χ0n) is 15.5. The van der Waals surface area contributed by atoms with Gasteiger partial charge < -0.3 is 4.74 Å². The Kier molecular flexibility index (Phi) is 4.80. The van der Waals surface area contributed by atoms with Crippen LogP contribution in [0.4, 0.5) is 17.6 Å². The van der Waals surface area contributed by atoms with Crippen molar-refractivity contribution in [3.05, 3.63) is 53.8 Å². The van der Waals surface area contributed by atoms with Crippen molar-refractivity contribution in [2.24, 2.45) is 0 Å². The number of nitrogens with zero attached hydrogens (tertiary/aromatic N) is 3. The van der Waals surface area contributed by atoms with Crippen LogP contribution < -0.4 is 4.74 Å². The SMILES string of the molecule is CCC1C=C2C=C(c3cnc(OC(C)(C)C(F)(F)F)c(F)c3)C=CN2N1C. The molecule has 146 valence electrons. The Morgan fingerprint density at radius 1 is 1.26 bits per heavy atom. The number of alkyl halides is 3. The average molecular weight is 383 g/mol. The summed E-state index contributed by atoms with van der Waals surface area (Å²) >= 11 is 0. The number of ether oxygens (including phenoxy) is 1. The summed E-state index contributed by atoms with van der Waals surface area (Å²) in [5.74, 6) is -1.61. The van der Waals surface area contributed by atoms with Crippen LogP contribution in [0.25, 0.3) is 5.57 Å². The molecule has 0 saturated heterocycles. The highest BCUT2D eigenvalue weighted by Gasteiger charge is 2.50. The van der Waals surface area contributed by atoms with Crippen LogP contribution >= 0.6 is 0 Å². The molecule has 0 bridgehead atoms. The molecule has 0 amide bonds. The number of halogens is 4. The fourth-order valence-corrected chi connectivity index (χ4v) is 2.91. The van der Waals surface area contributed by atoms with E-state index in [2.05, 4.69) is 23.0 Å². The van der Waals surface area contributed by atoms with Gasteiger partial charge >= 0.3 is 6.18 Å². The van der Waals surface area contributed by atoms with E-state index in [1.807, 2.05) is 30.4 Å². The second-order valence-electron chi connectivity index (χ2n) is 7.02. The lowest BCUT2D eigenvalue weighted by atomic mass is 10.0. The van der Waals surface area contributed by atoms with E-state index < -0.39 is 23.5 Å². The number of hydrazine groups is 1. The highest BCUT2D eigenvalue weighted by atomic mass is 19.4. The number of fused-ring (bicyclic) bond motifs is 1. The molecule has 0 radical (unpaired) electrons. The minimum absolute atomic E-state index is 0.274. The van der Waals surface area contributed by atoms with Gasteiger partial charge in [0.1, 0.15) is 0 Å². The fraction of sp³-hybridized carbons (Fsp3) is 0.421. The van der Waals surface area contributed by atoms with Gasteiger partial charge in [-0.15, -0.1) is 0 Å². The predicted octanol–water partition coefficient (Wildman–Crippen LogP) is 4.68. The molecule has 0 aromatic carbocycles. The third kappa shape index (κ3) is 3.58. The highest BCUT2D eigenvalue weighted by Crippen LogP contribution is 2.36. The summed E-state index contributed by atoms with van der Waals surface area (Å²) < 4.78 is 57.9. The van der Waals surface area contributed by atoms with E-state index in [0.29, 0.717) is 5.56 Å². The van der Waals surface area contributed by atoms with Gasteiger partial charge in [-0.25, -0.2) is 14.4 Å². The number of hydrogen-bond acceptors (Lipinski definition) is 4. The van der Waals surface area contributed by atoms with Crippen LogP contribution in [-0.2, 0) is 0 Å². The quantitative estimate of drug-likeness (QED) is 0.706. The molecule has 1 atom stereocenters. The van der Waals surface area contributed by atoms with Crippen molar-refractivity contribution < 1.29 is 22.3 Å². The molecule has 8 heteroatoms. The molecule has 2 aliphatic rings. The molecule has 27 heavy (non-hydrogen) atoms. The Morgan fingerprint density at radius 3 is 2.56 bits per heavy atom. The van der Waals surface area contributed by atoms with Crippen molar-refractivity contribution in [2.45, 2.75) is 45.0 Å². The lowest BCUT2D eigenvalue weighted by Crippen LogP contribution is -2.45. The lowest BCUT2D eigenvalue weighted by Gasteiger charge is -2.30. The largest absolute Gasteiger partial charge is 0.460 e. The monoisotopic (exact) mass is 383 g/mol. The minimum Gasteiger partial charge on any atom is -0.460 e. The molecule has 0 fully saturated rings. The van der Waals surface area contributed by atoms with Crippen LogP contribution in [-0.4, -0.2) is 39.9 Å². The van der Waals surface area contributed by atoms with Crippen LogP contribution in [0, 0.1) is 5.82 Å². The summed E-state index contributed by atoms with van der Waals surface area (Å²) in [5.41, 5.74) is -0.401. The summed E-state index contributed by atoms with van der Waals surface area (Å²) in [6.45, 7) is 3.75. The van der Waals surface area contributed by atoms with Crippen molar-refractivity contribution in [2.75, 3.05) is 7.05 Å². The van der Waals surface area contributed by atoms with E-state index in [-0.39, 0.29) is 6.04 Å². The Bertz CT molecular complexity index is 827. The maximum Gasteiger partial charge on any atom is 0.427 e. The van der Waals surface area contributed by atoms with E-state index in [1.54, 1.807) is 0 Å². The van der Waals surface area contributed by atoms with Crippen LogP contribution in [0.1, 0.15) is 32.8 Å². The zero-order valence-corrected chi connectivity index (χ0v) is 15.5. The smallest absolute Gasteiger partial charge is 0.427 e. The third-order valence-corrected chi connectivity index (χ3v) is 4.74. The Hall–Kier alpha value is -2.35. The number of aromatic nitrogens is 1. The van der Waals surface area contributed by atoms with Crippen molar-refractivity contribution in [3.8, 4) is 5.88 Å². The normalized spacial score (nSPS) is 20.4. The second-order valence-corrected chi connectivity index (χ2v) is 7.02. The Balaban J connectivity index is 1.85. The maximum atomic E-state index is 14.3. The summed E-state index contributed by atoms with van der Waals surface area (Å²) in [5, 5.41) is 4.08. The standard InChI is InChI=1S/C19H21F4N3O/c1-5-14-10-15-8-12(6-7-26(15)25(14)4)13-9-16(20)17(24-11-13)27-18(2,3)19(21,22)23/h6-11,14H,5H2,1-4H3. The first-order chi connectivity index (χ1) is 12.5. The third-order valence-electron chi connectivity index (χ3n) is 4.74. The Morgan fingerprint density at radius 2 is 1.96 bits per heavy atom. The molecule has 1 unspecified atom stereocenters. The van der Waals surface area contributed by atoms with Crippen molar-refractivity contribution in [1.82, 2.24) is 15.0 Å². The molecule has 0 spiro atoms. The van der Waals surface area contributed by atoms with Crippen molar-refractivity contribution in [3.63, 3.8) is 0 Å². The Labute approximate surface area is 155 Å². The minimum atomic E-state index is -4.64. The number of likely N-dealkylation sites (N-methyl/N-ethyl adjacent to an activating group) is 1. The molecule has 2 aliphatic heterocycles. The molecule has 0 N–H and O–H groups in total. The first kappa shape index (κ1) is 19.4. The number of pyridine rings is 1. The molecule has 0 aliphatic carbocycles. The summed E-state index contributed by atoms with van der Waals surface area (Å²) in [6, 6.07) is 1.41. The predicted molar refractivity (Wildman–Crippen MR) is 93.8 cm³/mol. The van der Waals surface area contributed by atoms with E-state index in [9.17, 15) is 17.6 Å². The van der Waals surface area contributed by atoms with Crippen LogP contribution in [0.2, 0.25) is 0 Å². The molecule has 1 aromatic heterocycles. The summed E-state index contributed by atoms with van der Waals surface area (Å²) in [7, 11) is 1.98. The van der Waals surface area contributed by atoms with Gasteiger partial charge in [0.05, 0.1) is 5.70 Å². The summed E-state index contributed by atoms with van der Waals surface area (Å²) in [4.78, 5) is 3.77. The van der Waals surface area contributed by atoms with Crippen molar-refractivity contribution >= 4 is 5.57 Å². The second kappa shape index (κ2) is 6.67. The first-order valence-electron chi connectivity index (χ1n) is 8.59. The number of rotatable bonds is 4. The van der Waals surface area contributed by atoms with Crippen LogP contribution in [0.5, 0.6) is 5.88 Å². The van der Waals surface area contributed by atoms with Gasteiger partial charge in [-0.2, -0.15) is 13.2 Å². The topological polar surface area (TPSA) is 28.6 Å². The van der Waals surface area contributed by atoms with Gasteiger partial charge in [0.25, 0.3) is 5.88 Å². The molecule has 4 nitrogen and oxygen atoms in total. The first-order valence-corrected chi connectivity index (χ1v) is 8.59. The van der Waals surface area contributed by atoms with Crippen LogP contribution in [0.15, 0.2) is 42.4 Å². The molecule has 3 heterocycles. The molecular weight excluding hydrogens is 362 g/mol. The van der Waals surface area contributed by atoms with Gasteiger partial charge in [0, 0.05) is 31.0 Å².